The summed E-state index contributed by atoms with van der Waals surface area (Å²) in [6.45, 7) is -0.360. The number of rotatable bonds is 4. The van der Waals surface area contributed by atoms with E-state index in [9.17, 15) is 18.0 Å². The first-order valence-electron chi connectivity index (χ1n) is 6.92. The van der Waals surface area contributed by atoms with Crippen LogP contribution in [0.15, 0.2) is 47.8 Å². The summed E-state index contributed by atoms with van der Waals surface area (Å²) in [7, 11) is 0. The molecule has 1 aromatic carbocycles. The highest BCUT2D eigenvalue weighted by molar-refractivity contribution is 5.99. The summed E-state index contributed by atoms with van der Waals surface area (Å²) in [4.78, 5) is 14.7. The van der Waals surface area contributed by atoms with Gasteiger partial charge in [0.1, 0.15) is 6.54 Å². The zero-order valence-corrected chi connectivity index (χ0v) is 12.2. The molecular formula is C15H12F3N5O. The second-order valence-electron chi connectivity index (χ2n) is 4.98. The van der Waals surface area contributed by atoms with Crippen LogP contribution >= 0.6 is 0 Å². The average Bonchev–Trinajstić information content (AvgIpc) is 3.14. The predicted octanol–water partition coefficient (Wildman–Crippen LogP) is 2.53. The molecular weight excluding hydrogens is 323 g/mol. The van der Waals surface area contributed by atoms with Crippen molar-refractivity contribution in [3.63, 3.8) is 0 Å². The number of nitrogens with one attached hydrogen (secondary N) is 2. The van der Waals surface area contributed by atoms with Gasteiger partial charge in [-0.15, -0.1) is 0 Å². The molecule has 0 radical (unpaired) electrons. The molecule has 0 fully saturated rings. The van der Waals surface area contributed by atoms with Gasteiger partial charge in [-0.1, -0.05) is 18.2 Å². The number of halogens is 3. The van der Waals surface area contributed by atoms with E-state index in [1.54, 1.807) is 6.20 Å². The molecule has 3 aromatic rings. The topological polar surface area (TPSA) is 75.1 Å². The Morgan fingerprint density at radius 3 is 2.88 bits per heavy atom. The molecule has 0 saturated carbocycles. The van der Waals surface area contributed by atoms with Gasteiger partial charge in [0.15, 0.2) is 5.69 Å². The van der Waals surface area contributed by atoms with E-state index >= 15 is 0 Å². The fraction of sp³-hybridized carbons (Fsp3) is 0.133. The van der Waals surface area contributed by atoms with Gasteiger partial charge < -0.3 is 4.98 Å². The SMILES string of the molecule is O=C(Cn1ccc(C(F)(F)F)n1)NN=Cc1c[nH]c2ccccc12. The van der Waals surface area contributed by atoms with Gasteiger partial charge in [-0.05, 0) is 12.1 Å². The van der Waals surface area contributed by atoms with Crippen LogP contribution in [-0.2, 0) is 17.5 Å². The third-order valence-electron chi connectivity index (χ3n) is 3.25. The van der Waals surface area contributed by atoms with Crippen LogP contribution < -0.4 is 5.43 Å². The molecule has 0 atom stereocenters. The summed E-state index contributed by atoms with van der Waals surface area (Å²) >= 11 is 0. The first-order chi connectivity index (χ1) is 11.4. The van der Waals surface area contributed by atoms with Crippen LogP contribution in [0.5, 0.6) is 0 Å². The normalized spacial score (nSPS) is 12.1. The number of benzene rings is 1. The molecule has 3 rings (SSSR count). The molecule has 124 valence electrons. The number of alkyl halides is 3. The Balaban J connectivity index is 1.60. The molecule has 24 heavy (non-hydrogen) atoms. The number of amides is 1. The molecule has 6 nitrogen and oxygen atoms in total. The Kier molecular flexibility index (Phi) is 4.07. The van der Waals surface area contributed by atoms with Gasteiger partial charge in [0.2, 0.25) is 0 Å². The fourth-order valence-corrected chi connectivity index (χ4v) is 2.16. The summed E-state index contributed by atoms with van der Waals surface area (Å²) in [5.74, 6) is -0.581. The predicted molar refractivity (Wildman–Crippen MR) is 81.3 cm³/mol. The third-order valence-corrected chi connectivity index (χ3v) is 3.25. The summed E-state index contributed by atoms with van der Waals surface area (Å²) < 4.78 is 38.2. The number of carbonyl (C=O) groups is 1. The van der Waals surface area contributed by atoms with Crippen LogP contribution in [0.4, 0.5) is 13.2 Å². The minimum atomic E-state index is -4.53. The van der Waals surface area contributed by atoms with Crippen LogP contribution in [0.3, 0.4) is 0 Å². The zero-order chi connectivity index (χ0) is 17.2. The Bertz CT molecular complexity index is 894. The van der Waals surface area contributed by atoms with Crippen molar-refractivity contribution in [1.29, 1.82) is 0 Å². The number of aromatic amines is 1. The highest BCUT2D eigenvalue weighted by Gasteiger charge is 2.33. The lowest BCUT2D eigenvalue weighted by atomic mass is 10.2. The number of carbonyl (C=O) groups excluding carboxylic acids is 1. The number of H-pyrrole nitrogens is 1. The van der Waals surface area contributed by atoms with Gasteiger partial charge in [-0.25, -0.2) is 5.43 Å². The summed E-state index contributed by atoms with van der Waals surface area (Å²) in [6, 6.07) is 8.38. The van der Waals surface area contributed by atoms with Crippen molar-refractivity contribution in [2.45, 2.75) is 12.7 Å². The molecule has 0 aliphatic heterocycles. The molecule has 2 aromatic heterocycles. The van der Waals surface area contributed by atoms with Crippen molar-refractivity contribution in [3.05, 3.63) is 54.0 Å². The van der Waals surface area contributed by atoms with Crippen molar-refractivity contribution < 1.29 is 18.0 Å². The van der Waals surface area contributed by atoms with Crippen molar-refractivity contribution in [2.24, 2.45) is 5.10 Å². The maximum atomic E-state index is 12.4. The monoisotopic (exact) mass is 335 g/mol. The van der Waals surface area contributed by atoms with Gasteiger partial charge in [0, 0.05) is 28.9 Å². The van der Waals surface area contributed by atoms with Crippen LogP contribution in [0.25, 0.3) is 10.9 Å². The molecule has 0 unspecified atom stereocenters. The lowest BCUT2D eigenvalue weighted by Gasteiger charge is -2.02. The van der Waals surface area contributed by atoms with E-state index in [2.05, 4.69) is 20.6 Å². The van der Waals surface area contributed by atoms with E-state index in [-0.39, 0.29) is 6.54 Å². The molecule has 2 heterocycles. The maximum Gasteiger partial charge on any atom is 0.435 e. The van der Waals surface area contributed by atoms with Crippen molar-refractivity contribution in [1.82, 2.24) is 20.2 Å². The number of hydrazone groups is 1. The zero-order valence-electron chi connectivity index (χ0n) is 12.2. The average molecular weight is 335 g/mol. The third kappa shape index (κ3) is 3.45. The first kappa shape index (κ1) is 15.8. The van der Waals surface area contributed by atoms with E-state index in [0.717, 1.165) is 33.4 Å². The number of hydrogen-bond donors (Lipinski definition) is 2. The van der Waals surface area contributed by atoms with Gasteiger partial charge in [-0.2, -0.15) is 23.4 Å². The van der Waals surface area contributed by atoms with Crippen LogP contribution in [0, 0.1) is 0 Å². The molecule has 0 saturated heterocycles. The molecule has 2 N–H and O–H groups in total. The van der Waals surface area contributed by atoms with E-state index in [1.807, 2.05) is 24.3 Å². The molecule has 0 aliphatic rings. The Hall–Kier alpha value is -3.10. The largest absolute Gasteiger partial charge is 0.435 e. The second kappa shape index (κ2) is 6.19. The molecule has 0 aliphatic carbocycles. The second-order valence-corrected chi connectivity index (χ2v) is 4.98. The summed E-state index contributed by atoms with van der Waals surface area (Å²) in [6.07, 6.45) is -0.245. The lowest BCUT2D eigenvalue weighted by molar-refractivity contribution is -0.141. The van der Waals surface area contributed by atoms with Crippen molar-refractivity contribution in [3.8, 4) is 0 Å². The van der Waals surface area contributed by atoms with Gasteiger partial charge in [-0.3, -0.25) is 9.48 Å². The lowest BCUT2D eigenvalue weighted by Crippen LogP contribution is -2.23. The van der Waals surface area contributed by atoms with E-state index in [0.29, 0.717) is 0 Å². The molecule has 1 amide bonds. The Morgan fingerprint density at radius 2 is 2.12 bits per heavy atom. The van der Waals surface area contributed by atoms with Crippen molar-refractivity contribution >= 4 is 23.0 Å². The molecule has 9 heteroatoms. The van der Waals surface area contributed by atoms with E-state index in [1.165, 1.54) is 6.21 Å². The minimum Gasteiger partial charge on any atom is -0.361 e. The number of para-hydroxylation sites is 1. The van der Waals surface area contributed by atoms with Gasteiger partial charge >= 0.3 is 6.18 Å². The summed E-state index contributed by atoms with van der Waals surface area (Å²) in [5, 5.41) is 8.04. The number of fused-ring (bicyclic) bond motifs is 1. The number of hydrogen-bond acceptors (Lipinski definition) is 3. The van der Waals surface area contributed by atoms with Crippen LogP contribution in [0.2, 0.25) is 0 Å². The first-order valence-corrected chi connectivity index (χ1v) is 6.92. The van der Waals surface area contributed by atoms with Crippen LogP contribution in [-0.4, -0.2) is 26.9 Å². The Labute approximate surface area is 134 Å². The number of aromatic nitrogens is 3. The van der Waals surface area contributed by atoms with Gasteiger partial charge in [0.25, 0.3) is 5.91 Å². The fourth-order valence-electron chi connectivity index (χ4n) is 2.16. The summed E-state index contributed by atoms with van der Waals surface area (Å²) in [5.41, 5.74) is 2.93. The van der Waals surface area contributed by atoms with Gasteiger partial charge in [0.05, 0.1) is 6.21 Å². The van der Waals surface area contributed by atoms with Crippen LogP contribution in [0.1, 0.15) is 11.3 Å². The molecule has 0 bridgehead atoms. The highest BCUT2D eigenvalue weighted by Crippen LogP contribution is 2.27. The minimum absolute atomic E-state index is 0.360. The molecule has 0 spiro atoms. The standard InChI is InChI=1S/C15H12F3N5O/c16-15(17,18)13-5-6-23(22-13)9-14(24)21-20-8-10-7-19-12-4-2-1-3-11(10)12/h1-8,19H,9H2,(H,21,24). The number of nitrogens with zero attached hydrogens (tertiary/aromatic N) is 3. The van der Waals surface area contributed by atoms with E-state index in [4.69, 9.17) is 0 Å². The Morgan fingerprint density at radius 1 is 1.33 bits per heavy atom. The highest BCUT2D eigenvalue weighted by atomic mass is 19.4. The van der Waals surface area contributed by atoms with E-state index < -0.39 is 17.8 Å². The maximum absolute atomic E-state index is 12.4. The quantitative estimate of drug-likeness (QED) is 0.568. The smallest absolute Gasteiger partial charge is 0.361 e. The van der Waals surface area contributed by atoms with Crippen molar-refractivity contribution in [2.75, 3.05) is 0 Å².